The van der Waals surface area contributed by atoms with E-state index in [-0.39, 0.29) is 25.7 Å². The molecule has 114 valence electrons. The van der Waals surface area contributed by atoms with Crippen LogP contribution in [0.1, 0.15) is 21.5 Å². The molecule has 0 bridgehead atoms. The predicted octanol–water partition coefficient (Wildman–Crippen LogP) is 0.418. The Morgan fingerprint density at radius 1 is 1.48 bits per heavy atom. The minimum Gasteiger partial charge on any atom is -0.389 e. The number of hydrogen-bond donors (Lipinski definition) is 2. The van der Waals surface area contributed by atoms with Crippen LogP contribution >= 0.6 is 0 Å². The van der Waals surface area contributed by atoms with Crippen LogP contribution in [-0.4, -0.2) is 61.0 Å². The molecule has 1 unspecified atom stereocenters. The van der Waals surface area contributed by atoms with Crippen LogP contribution in [0.2, 0.25) is 0 Å². The van der Waals surface area contributed by atoms with Crippen molar-refractivity contribution in [2.75, 3.05) is 33.9 Å². The van der Waals surface area contributed by atoms with Crippen molar-refractivity contribution in [3.8, 4) is 11.8 Å². The average molecular weight is 291 g/mol. The smallest absolute Gasteiger partial charge is 0.253 e. The highest BCUT2D eigenvalue weighted by Crippen LogP contribution is 2.12. The molecule has 0 heterocycles. The van der Waals surface area contributed by atoms with Crippen molar-refractivity contribution < 1.29 is 19.7 Å². The Morgan fingerprint density at radius 3 is 2.81 bits per heavy atom. The van der Waals surface area contributed by atoms with Gasteiger partial charge in [0, 0.05) is 31.8 Å². The van der Waals surface area contributed by atoms with E-state index in [0.717, 1.165) is 5.56 Å². The number of amides is 1. The second-order valence-corrected chi connectivity index (χ2v) is 4.78. The molecule has 0 aliphatic carbocycles. The van der Waals surface area contributed by atoms with Gasteiger partial charge in [-0.15, -0.1) is 0 Å². The number of aliphatic hydroxyl groups is 2. The molecule has 0 aliphatic heterocycles. The lowest BCUT2D eigenvalue weighted by Crippen LogP contribution is -2.36. The van der Waals surface area contributed by atoms with E-state index in [0.29, 0.717) is 11.1 Å². The zero-order valence-corrected chi connectivity index (χ0v) is 12.6. The van der Waals surface area contributed by atoms with Crippen LogP contribution in [0.25, 0.3) is 0 Å². The monoisotopic (exact) mass is 291 g/mol. The second kappa shape index (κ2) is 8.42. The molecule has 0 aromatic heterocycles. The van der Waals surface area contributed by atoms with E-state index in [1.54, 1.807) is 19.2 Å². The van der Waals surface area contributed by atoms with E-state index < -0.39 is 6.10 Å². The minimum absolute atomic E-state index is 0.179. The summed E-state index contributed by atoms with van der Waals surface area (Å²) in [6.07, 6.45) is -0.719. The van der Waals surface area contributed by atoms with E-state index >= 15 is 0 Å². The molecule has 0 radical (unpaired) electrons. The van der Waals surface area contributed by atoms with Gasteiger partial charge in [0.05, 0.1) is 12.7 Å². The van der Waals surface area contributed by atoms with E-state index in [1.165, 1.54) is 12.0 Å². The molecule has 1 amide bonds. The first kappa shape index (κ1) is 17.2. The van der Waals surface area contributed by atoms with Gasteiger partial charge in [0.1, 0.15) is 6.61 Å². The number of rotatable bonds is 5. The summed E-state index contributed by atoms with van der Waals surface area (Å²) >= 11 is 0. The molecular formula is C16H21NO4. The number of likely N-dealkylation sites (N-methyl/N-ethyl adjacent to an activating group) is 1. The Kier molecular flexibility index (Phi) is 6.89. The fraction of sp³-hybridized carbons (Fsp3) is 0.438. The van der Waals surface area contributed by atoms with Crippen molar-refractivity contribution >= 4 is 5.91 Å². The average Bonchev–Trinajstić information content (AvgIpc) is 2.45. The van der Waals surface area contributed by atoms with Crippen LogP contribution in [0.5, 0.6) is 0 Å². The van der Waals surface area contributed by atoms with Gasteiger partial charge in [0.2, 0.25) is 0 Å². The highest BCUT2D eigenvalue weighted by molar-refractivity contribution is 5.94. The lowest BCUT2D eigenvalue weighted by Gasteiger charge is -2.20. The summed E-state index contributed by atoms with van der Waals surface area (Å²) in [6.45, 7) is 2.04. The Labute approximate surface area is 125 Å². The quantitative estimate of drug-likeness (QED) is 0.771. The first-order valence-electron chi connectivity index (χ1n) is 6.62. The fourth-order valence-electron chi connectivity index (χ4n) is 1.89. The number of benzene rings is 1. The summed E-state index contributed by atoms with van der Waals surface area (Å²) in [5, 5.41) is 18.4. The molecule has 0 saturated heterocycles. The van der Waals surface area contributed by atoms with Crippen molar-refractivity contribution in [1.29, 1.82) is 0 Å². The predicted molar refractivity (Wildman–Crippen MR) is 80.0 cm³/mol. The van der Waals surface area contributed by atoms with Gasteiger partial charge in [-0.2, -0.15) is 0 Å². The van der Waals surface area contributed by atoms with E-state index in [2.05, 4.69) is 11.8 Å². The molecule has 0 saturated carbocycles. The Bertz CT molecular complexity index is 545. The summed E-state index contributed by atoms with van der Waals surface area (Å²) in [5.74, 6) is 5.19. The summed E-state index contributed by atoms with van der Waals surface area (Å²) in [5.41, 5.74) is 2.14. The van der Waals surface area contributed by atoms with Crippen LogP contribution in [0.15, 0.2) is 18.2 Å². The Morgan fingerprint density at radius 2 is 2.19 bits per heavy atom. The fourth-order valence-corrected chi connectivity index (χ4v) is 1.89. The van der Waals surface area contributed by atoms with Crippen LogP contribution in [0.3, 0.4) is 0 Å². The van der Waals surface area contributed by atoms with Crippen molar-refractivity contribution in [3.05, 3.63) is 34.9 Å². The van der Waals surface area contributed by atoms with E-state index in [9.17, 15) is 9.90 Å². The molecule has 1 atom stereocenters. The third kappa shape index (κ3) is 5.20. The van der Waals surface area contributed by atoms with Gasteiger partial charge in [0.15, 0.2) is 0 Å². The molecule has 2 N–H and O–H groups in total. The molecule has 5 heteroatoms. The van der Waals surface area contributed by atoms with Crippen molar-refractivity contribution in [2.24, 2.45) is 0 Å². The van der Waals surface area contributed by atoms with Gasteiger partial charge >= 0.3 is 0 Å². The molecule has 1 rings (SSSR count). The summed E-state index contributed by atoms with van der Waals surface area (Å²) in [7, 11) is 3.12. The highest BCUT2D eigenvalue weighted by atomic mass is 16.5. The SMILES string of the molecule is COCC(O)CN(C)C(=O)c1ccc(C)c(C#CCO)c1. The number of carbonyl (C=O) groups is 1. The zero-order valence-electron chi connectivity index (χ0n) is 12.6. The number of carbonyl (C=O) groups excluding carboxylic acids is 1. The summed E-state index contributed by atoms with van der Waals surface area (Å²) in [6, 6.07) is 5.23. The van der Waals surface area contributed by atoms with Gasteiger partial charge in [-0.25, -0.2) is 0 Å². The first-order valence-corrected chi connectivity index (χ1v) is 6.62. The largest absolute Gasteiger partial charge is 0.389 e. The van der Waals surface area contributed by atoms with Gasteiger partial charge in [-0.05, 0) is 24.6 Å². The molecule has 0 spiro atoms. The van der Waals surface area contributed by atoms with Gasteiger partial charge in [-0.1, -0.05) is 17.9 Å². The number of aryl methyl sites for hydroxylation is 1. The summed E-state index contributed by atoms with van der Waals surface area (Å²) < 4.78 is 4.84. The maximum atomic E-state index is 12.3. The standard InChI is InChI=1S/C16H21NO4/c1-12-6-7-14(9-13(12)5-4-8-18)16(20)17(2)10-15(19)11-21-3/h6-7,9,15,18-19H,8,10-11H2,1-3H3. The van der Waals surface area contributed by atoms with Gasteiger partial charge < -0.3 is 19.8 Å². The highest BCUT2D eigenvalue weighted by Gasteiger charge is 2.16. The van der Waals surface area contributed by atoms with E-state index in [1.807, 2.05) is 13.0 Å². The normalized spacial score (nSPS) is 11.5. The number of hydrogen-bond acceptors (Lipinski definition) is 4. The molecule has 21 heavy (non-hydrogen) atoms. The second-order valence-electron chi connectivity index (χ2n) is 4.78. The van der Waals surface area contributed by atoms with Gasteiger partial charge in [-0.3, -0.25) is 4.79 Å². The minimum atomic E-state index is -0.719. The van der Waals surface area contributed by atoms with Crippen LogP contribution in [-0.2, 0) is 4.74 Å². The Balaban J connectivity index is 2.87. The number of nitrogens with zero attached hydrogens (tertiary/aromatic N) is 1. The topological polar surface area (TPSA) is 70.0 Å². The third-order valence-electron chi connectivity index (χ3n) is 2.98. The van der Waals surface area contributed by atoms with Crippen LogP contribution in [0, 0.1) is 18.8 Å². The molecule has 5 nitrogen and oxygen atoms in total. The molecule has 0 fully saturated rings. The van der Waals surface area contributed by atoms with Gasteiger partial charge in [0.25, 0.3) is 5.91 Å². The van der Waals surface area contributed by atoms with Crippen molar-refractivity contribution in [1.82, 2.24) is 4.90 Å². The molecule has 1 aromatic carbocycles. The van der Waals surface area contributed by atoms with Crippen molar-refractivity contribution in [3.63, 3.8) is 0 Å². The molecule has 0 aliphatic rings. The van der Waals surface area contributed by atoms with Crippen LogP contribution in [0.4, 0.5) is 0 Å². The number of aliphatic hydroxyl groups excluding tert-OH is 2. The van der Waals surface area contributed by atoms with Crippen LogP contribution < -0.4 is 0 Å². The third-order valence-corrected chi connectivity index (χ3v) is 2.98. The zero-order chi connectivity index (χ0) is 15.8. The lowest BCUT2D eigenvalue weighted by atomic mass is 10.0. The molecule has 1 aromatic rings. The molecular weight excluding hydrogens is 270 g/mol. The Hall–Kier alpha value is -1.87. The van der Waals surface area contributed by atoms with Crippen molar-refractivity contribution in [2.45, 2.75) is 13.0 Å². The number of ether oxygens (including phenoxy) is 1. The van der Waals surface area contributed by atoms with E-state index in [4.69, 9.17) is 9.84 Å². The summed E-state index contributed by atoms with van der Waals surface area (Å²) in [4.78, 5) is 13.7. The number of methoxy groups -OCH3 is 1. The maximum Gasteiger partial charge on any atom is 0.253 e. The lowest BCUT2D eigenvalue weighted by molar-refractivity contribution is 0.0380. The first-order chi connectivity index (χ1) is 9.99. The maximum absolute atomic E-state index is 12.3.